The van der Waals surface area contributed by atoms with Crippen LogP contribution in [0.2, 0.25) is 10.0 Å². The van der Waals surface area contributed by atoms with E-state index in [1.807, 2.05) is 44.3 Å². The quantitative estimate of drug-likeness (QED) is 0.208. The summed E-state index contributed by atoms with van der Waals surface area (Å²) >= 11 is 13.0. The minimum absolute atomic E-state index is 0.0401. The number of nitrogens with zero attached hydrogens (tertiary/aromatic N) is 2. The molecule has 1 N–H and O–H groups in total. The second-order valence-corrected chi connectivity index (χ2v) is 10.8. The van der Waals surface area contributed by atoms with Crippen molar-refractivity contribution in [2.75, 3.05) is 6.61 Å². The number of rotatable bonds is 10. The summed E-state index contributed by atoms with van der Waals surface area (Å²) in [5.41, 5.74) is 5.77. The molecule has 204 valence electrons. The van der Waals surface area contributed by atoms with Crippen molar-refractivity contribution >= 4 is 29.2 Å². The van der Waals surface area contributed by atoms with E-state index in [0.29, 0.717) is 28.1 Å². The number of aromatic carboxylic acids is 1. The van der Waals surface area contributed by atoms with Crippen LogP contribution < -0.4 is 9.47 Å². The molecule has 0 aliphatic rings. The van der Waals surface area contributed by atoms with Gasteiger partial charge in [-0.2, -0.15) is 5.10 Å². The predicted octanol–water partition coefficient (Wildman–Crippen LogP) is 8.38. The third-order valence-electron chi connectivity index (χ3n) is 6.67. The molecule has 39 heavy (non-hydrogen) atoms. The highest BCUT2D eigenvalue weighted by atomic mass is 35.5. The van der Waals surface area contributed by atoms with Crippen molar-refractivity contribution in [3.8, 4) is 17.2 Å². The van der Waals surface area contributed by atoms with E-state index in [1.54, 1.807) is 35.0 Å². The molecule has 0 radical (unpaired) electrons. The number of ether oxygens (including phenoxy) is 2. The Morgan fingerprint density at radius 1 is 0.974 bits per heavy atom. The summed E-state index contributed by atoms with van der Waals surface area (Å²) in [5.74, 6) is 0.368. The van der Waals surface area contributed by atoms with Crippen LogP contribution in [0.1, 0.15) is 70.9 Å². The van der Waals surface area contributed by atoms with Crippen LogP contribution in [0.5, 0.6) is 11.5 Å². The highest BCUT2D eigenvalue weighted by molar-refractivity contribution is 6.37. The van der Waals surface area contributed by atoms with E-state index < -0.39 is 5.97 Å². The molecule has 0 aliphatic carbocycles. The lowest BCUT2D eigenvalue weighted by Gasteiger charge is -2.18. The highest BCUT2D eigenvalue weighted by Crippen LogP contribution is 2.32. The van der Waals surface area contributed by atoms with Crippen molar-refractivity contribution in [3.63, 3.8) is 0 Å². The second kappa shape index (κ2) is 12.1. The first kappa shape index (κ1) is 28.5. The van der Waals surface area contributed by atoms with Gasteiger partial charge in [-0.25, -0.2) is 9.48 Å². The molecular weight excluding hydrogens is 535 g/mol. The van der Waals surface area contributed by atoms with Gasteiger partial charge in [-0.1, -0.05) is 67.7 Å². The smallest absolute Gasteiger partial charge is 0.339 e. The normalized spacial score (nSPS) is 12.0. The third kappa shape index (κ3) is 6.40. The maximum absolute atomic E-state index is 11.6. The SMILES string of the molecule is Cc1ccc(OCC(C)c2ccc(OCc3c(C(C)C)cnn3-c3c(Cl)cccc3Cl)cc2C)c(C(=O)O)c1. The molecule has 0 bridgehead atoms. The van der Waals surface area contributed by atoms with Gasteiger partial charge >= 0.3 is 5.97 Å². The summed E-state index contributed by atoms with van der Waals surface area (Å²) in [6, 6.07) is 16.5. The number of hydrogen-bond donors (Lipinski definition) is 1. The highest BCUT2D eigenvalue weighted by Gasteiger charge is 2.20. The summed E-state index contributed by atoms with van der Waals surface area (Å²) in [7, 11) is 0. The largest absolute Gasteiger partial charge is 0.492 e. The fraction of sp³-hybridized carbons (Fsp3) is 0.290. The number of carbonyl (C=O) groups is 1. The zero-order chi connectivity index (χ0) is 28.3. The Kier molecular flexibility index (Phi) is 8.88. The number of hydrogen-bond acceptors (Lipinski definition) is 4. The van der Waals surface area contributed by atoms with Crippen LogP contribution in [-0.2, 0) is 6.61 Å². The van der Waals surface area contributed by atoms with Gasteiger partial charge in [-0.05, 0) is 72.9 Å². The molecule has 6 nitrogen and oxygen atoms in total. The van der Waals surface area contributed by atoms with Crippen LogP contribution in [0.25, 0.3) is 5.69 Å². The molecule has 0 amide bonds. The van der Waals surface area contributed by atoms with Crippen LogP contribution in [0.4, 0.5) is 0 Å². The minimum Gasteiger partial charge on any atom is -0.492 e. The monoisotopic (exact) mass is 566 g/mol. The third-order valence-corrected chi connectivity index (χ3v) is 7.28. The van der Waals surface area contributed by atoms with E-state index in [1.165, 1.54) is 0 Å². The number of aromatic nitrogens is 2. The van der Waals surface area contributed by atoms with E-state index in [2.05, 4.69) is 25.9 Å². The Hall–Kier alpha value is -3.48. The maximum Gasteiger partial charge on any atom is 0.339 e. The first-order valence-corrected chi connectivity index (χ1v) is 13.5. The fourth-order valence-electron chi connectivity index (χ4n) is 4.58. The Balaban J connectivity index is 1.50. The second-order valence-electron chi connectivity index (χ2n) is 10.0. The van der Waals surface area contributed by atoms with Crippen LogP contribution in [0, 0.1) is 13.8 Å². The van der Waals surface area contributed by atoms with E-state index >= 15 is 0 Å². The summed E-state index contributed by atoms with van der Waals surface area (Å²) in [5, 5.41) is 15.1. The average Bonchev–Trinajstić information content (AvgIpc) is 3.30. The molecular formula is C31H32Cl2N2O4. The van der Waals surface area contributed by atoms with Crippen LogP contribution in [-0.4, -0.2) is 27.5 Å². The molecule has 1 atom stereocenters. The Morgan fingerprint density at radius 3 is 2.33 bits per heavy atom. The Labute approximate surface area is 239 Å². The predicted molar refractivity (Wildman–Crippen MR) is 155 cm³/mol. The van der Waals surface area contributed by atoms with Crippen molar-refractivity contribution in [2.45, 2.75) is 53.1 Å². The van der Waals surface area contributed by atoms with Crippen LogP contribution in [0.15, 0.2) is 60.8 Å². The Morgan fingerprint density at radius 2 is 1.69 bits per heavy atom. The molecule has 4 rings (SSSR count). The van der Waals surface area contributed by atoms with Gasteiger partial charge < -0.3 is 14.6 Å². The van der Waals surface area contributed by atoms with E-state index in [9.17, 15) is 9.90 Å². The van der Waals surface area contributed by atoms with Gasteiger partial charge in [0.1, 0.15) is 29.4 Å². The number of benzene rings is 3. The molecule has 1 heterocycles. The Bertz CT molecular complexity index is 1480. The first-order chi connectivity index (χ1) is 18.6. The van der Waals surface area contributed by atoms with Gasteiger partial charge in [-0.3, -0.25) is 0 Å². The van der Waals surface area contributed by atoms with E-state index in [4.69, 9.17) is 32.7 Å². The summed E-state index contributed by atoms with van der Waals surface area (Å²) in [4.78, 5) is 11.6. The first-order valence-electron chi connectivity index (χ1n) is 12.8. The molecule has 0 saturated carbocycles. The number of halogens is 2. The molecule has 0 saturated heterocycles. The molecule has 3 aromatic carbocycles. The molecule has 0 spiro atoms. The van der Waals surface area contributed by atoms with E-state index in [-0.39, 0.29) is 24.0 Å². The lowest BCUT2D eigenvalue weighted by molar-refractivity contribution is 0.0691. The zero-order valence-corrected chi connectivity index (χ0v) is 24.2. The van der Waals surface area contributed by atoms with E-state index in [0.717, 1.165) is 33.7 Å². The number of carboxylic acid groups (broad SMARTS) is 1. The number of carboxylic acids is 1. The molecule has 0 aliphatic heterocycles. The molecule has 0 fully saturated rings. The molecule has 4 aromatic rings. The average molecular weight is 568 g/mol. The summed E-state index contributed by atoms with van der Waals surface area (Å²) in [6.45, 7) is 10.8. The van der Waals surface area contributed by atoms with Crippen molar-refractivity contribution in [1.29, 1.82) is 0 Å². The van der Waals surface area contributed by atoms with Crippen molar-refractivity contribution < 1.29 is 19.4 Å². The minimum atomic E-state index is -1.00. The van der Waals surface area contributed by atoms with Gasteiger partial charge in [0.05, 0.1) is 28.5 Å². The van der Waals surface area contributed by atoms with Gasteiger partial charge in [0, 0.05) is 5.92 Å². The van der Waals surface area contributed by atoms with Crippen LogP contribution >= 0.6 is 23.2 Å². The van der Waals surface area contributed by atoms with Gasteiger partial charge in [0.25, 0.3) is 0 Å². The van der Waals surface area contributed by atoms with Crippen molar-refractivity contribution in [3.05, 3.63) is 104 Å². The maximum atomic E-state index is 11.6. The van der Waals surface area contributed by atoms with Gasteiger partial charge in [0.2, 0.25) is 0 Å². The topological polar surface area (TPSA) is 73.6 Å². The summed E-state index contributed by atoms with van der Waals surface area (Å²) in [6.07, 6.45) is 1.84. The zero-order valence-electron chi connectivity index (χ0n) is 22.7. The van der Waals surface area contributed by atoms with Crippen molar-refractivity contribution in [1.82, 2.24) is 9.78 Å². The number of para-hydroxylation sites is 1. The van der Waals surface area contributed by atoms with Gasteiger partial charge in [-0.15, -0.1) is 0 Å². The van der Waals surface area contributed by atoms with Crippen LogP contribution in [0.3, 0.4) is 0 Å². The van der Waals surface area contributed by atoms with Crippen molar-refractivity contribution in [2.24, 2.45) is 0 Å². The summed E-state index contributed by atoms with van der Waals surface area (Å²) < 4.78 is 13.9. The molecule has 8 heteroatoms. The van der Waals surface area contributed by atoms with Gasteiger partial charge in [0.15, 0.2) is 0 Å². The lowest BCUT2D eigenvalue weighted by Crippen LogP contribution is -2.11. The fourth-order valence-corrected chi connectivity index (χ4v) is 5.14. The lowest BCUT2D eigenvalue weighted by atomic mass is 9.97. The standard InChI is InChI=1S/C31H32Cl2N2O4/c1-18(2)25-15-34-35(30-26(32)7-6-8-27(30)33)28(25)17-38-22-10-11-23(20(4)14-22)21(5)16-39-29-12-9-19(3)13-24(29)31(36)37/h6-15,18,21H,16-17H2,1-5H3,(H,36,37). The molecule has 1 unspecified atom stereocenters. The number of aryl methyl sites for hydroxylation is 2. The molecule has 1 aromatic heterocycles.